The largest absolute Gasteiger partial charge is 0.358 e. The predicted molar refractivity (Wildman–Crippen MR) is 96.5 cm³/mol. The average molecular weight is 331 g/mol. The number of carbonyl (C=O) groups is 1. The van der Waals surface area contributed by atoms with Gasteiger partial charge in [0.2, 0.25) is 5.91 Å². The Morgan fingerprint density at radius 1 is 1.21 bits per heavy atom. The molecule has 0 aliphatic rings. The van der Waals surface area contributed by atoms with E-state index in [-0.39, 0.29) is 17.9 Å². The molecule has 0 aliphatic carbocycles. The van der Waals surface area contributed by atoms with Gasteiger partial charge in [0.1, 0.15) is 0 Å². The van der Waals surface area contributed by atoms with Crippen LogP contribution in [0.25, 0.3) is 11.0 Å². The molecule has 0 atom stereocenters. The summed E-state index contributed by atoms with van der Waals surface area (Å²) in [5.74, 6) is 0.317. The molecule has 0 aliphatic heterocycles. The van der Waals surface area contributed by atoms with Crippen molar-refractivity contribution in [1.29, 1.82) is 0 Å². The molecule has 2 rings (SSSR count). The third-order valence-corrected chi connectivity index (χ3v) is 3.70. The lowest BCUT2D eigenvalue weighted by atomic mass is 10.2. The summed E-state index contributed by atoms with van der Waals surface area (Å²) >= 11 is 0. The molecule has 0 unspecified atom stereocenters. The molecule has 7 nitrogen and oxygen atoms in total. The number of carbonyl (C=O) groups excluding carboxylic acids is 1. The van der Waals surface area contributed by atoms with Gasteiger partial charge in [-0.25, -0.2) is 4.98 Å². The third kappa shape index (κ3) is 4.32. The summed E-state index contributed by atoms with van der Waals surface area (Å²) < 4.78 is 1.63. The second-order valence-electron chi connectivity index (χ2n) is 6.18. The van der Waals surface area contributed by atoms with Crippen LogP contribution in [-0.2, 0) is 11.3 Å². The number of para-hydroxylation sites is 2. The molecular formula is C17H25N5O2. The zero-order chi connectivity index (χ0) is 17.7. The van der Waals surface area contributed by atoms with E-state index in [1.165, 1.54) is 0 Å². The topological polar surface area (TPSA) is 70.5 Å². The Morgan fingerprint density at radius 3 is 2.58 bits per heavy atom. The second kappa shape index (κ2) is 7.92. The molecule has 0 saturated heterocycles. The maximum atomic E-state index is 12.7. The van der Waals surface area contributed by atoms with Crippen LogP contribution < -0.4 is 15.8 Å². The number of benzene rings is 1. The second-order valence-corrected chi connectivity index (χ2v) is 6.18. The molecule has 1 amide bonds. The SMILES string of the molecule is CN(C)CCNC(=O)CCn1c(=O)c(N(C)C)nc2ccccc21. The molecule has 2 aromatic rings. The van der Waals surface area contributed by atoms with Gasteiger partial charge < -0.3 is 19.7 Å². The van der Waals surface area contributed by atoms with Gasteiger partial charge in [0, 0.05) is 40.2 Å². The number of aromatic nitrogens is 2. The molecule has 0 saturated carbocycles. The van der Waals surface area contributed by atoms with E-state index in [0.717, 1.165) is 17.6 Å². The molecule has 1 heterocycles. The fourth-order valence-electron chi connectivity index (χ4n) is 2.41. The van der Waals surface area contributed by atoms with Gasteiger partial charge >= 0.3 is 0 Å². The number of aryl methyl sites for hydroxylation is 1. The number of fused-ring (bicyclic) bond motifs is 1. The molecule has 24 heavy (non-hydrogen) atoms. The quantitative estimate of drug-likeness (QED) is 0.801. The minimum absolute atomic E-state index is 0.0592. The van der Waals surface area contributed by atoms with Crippen molar-refractivity contribution in [2.75, 3.05) is 46.2 Å². The van der Waals surface area contributed by atoms with Crippen molar-refractivity contribution >= 4 is 22.8 Å². The van der Waals surface area contributed by atoms with Crippen LogP contribution >= 0.6 is 0 Å². The lowest BCUT2D eigenvalue weighted by Crippen LogP contribution is -2.33. The Kier molecular flexibility index (Phi) is 5.92. The van der Waals surface area contributed by atoms with Gasteiger partial charge in [0.25, 0.3) is 5.56 Å². The third-order valence-electron chi connectivity index (χ3n) is 3.70. The summed E-state index contributed by atoms with van der Waals surface area (Å²) in [5.41, 5.74) is 1.31. The van der Waals surface area contributed by atoms with Crippen LogP contribution in [0, 0.1) is 0 Å². The van der Waals surface area contributed by atoms with Gasteiger partial charge in [0.15, 0.2) is 5.82 Å². The molecule has 0 bridgehead atoms. The van der Waals surface area contributed by atoms with Crippen LogP contribution in [0.15, 0.2) is 29.1 Å². The molecule has 1 aromatic heterocycles. The van der Waals surface area contributed by atoms with E-state index in [4.69, 9.17) is 0 Å². The van der Waals surface area contributed by atoms with Gasteiger partial charge in [-0.3, -0.25) is 9.59 Å². The summed E-state index contributed by atoms with van der Waals surface area (Å²) in [4.78, 5) is 32.8. The predicted octanol–water partition coefficient (Wildman–Crippen LogP) is 0.530. The van der Waals surface area contributed by atoms with Crippen molar-refractivity contribution in [1.82, 2.24) is 19.8 Å². The van der Waals surface area contributed by atoms with E-state index in [2.05, 4.69) is 10.3 Å². The molecule has 0 radical (unpaired) electrons. The fourth-order valence-corrected chi connectivity index (χ4v) is 2.41. The average Bonchev–Trinajstić information content (AvgIpc) is 2.52. The van der Waals surface area contributed by atoms with Crippen molar-refractivity contribution in [3.05, 3.63) is 34.6 Å². The first kappa shape index (κ1) is 17.9. The maximum Gasteiger partial charge on any atom is 0.293 e. The molecular weight excluding hydrogens is 306 g/mol. The van der Waals surface area contributed by atoms with Crippen LogP contribution in [0.3, 0.4) is 0 Å². The zero-order valence-electron chi connectivity index (χ0n) is 14.7. The smallest absolute Gasteiger partial charge is 0.293 e. The number of anilines is 1. The number of rotatable bonds is 7. The van der Waals surface area contributed by atoms with Gasteiger partial charge in [-0.05, 0) is 26.2 Å². The van der Waals surface area contributed by atoms with Crippen LogP contribution in [0.5, 0.6) is 0 Å². The highest BCUT2D eigenvalue weighted by Crippen LogP contribution is 2.13. The highest BCUT2D eigenvalue weighted by Gasteiger charge is 2.13. The normalized spacial score (nSPS) is 11.0. The first-order valence-electron chi connectivity index (χ1n) is 7.98. The highest BCUT2D eigenvalue weighted by molar-refractivity contribution is 5.78. The minimum Gasteiger partial charge on any atom is -0.358 e. The Morgan fingerprint density at radius 2 is 1.92 bits per heavy atom. The Balaban J connectivity index is 2.20. The molecule has 0 fully saturated rings. The van der Waals surface area contributed by atoms with E-state index in [9.17, 15) is 9.59 Å². The number of hydrogen-bond donors (Lipinski definition) is 1. The highest BCUT2D eigenvalue weighted by atomic mass is 16.2. The van der Waals surface area contributed by atoms with Crippen molar-refractivity contribution in [2.45, 2.75) is 13.0 Å². The lowest BCUT2D eigenvalue weighted by Gasteiger charge is -2.16. The number of nitrogens with zero attached hydrogens (tertiary/aromatic N) is 4. The zero-order valence-corrected chi connectivity index (χ0v) is 14.7. The molecule has 130 valence electrons. The Hall–Kier alpha value is -2.41. The Bertz CT molecular complexity index is 767. The number of nitrogens with one attached hydrogen (secondary N) is 1. The van der Waals surface area contributed by atoms with E-state index >= 15 is 0 Å². The van der Waals surface area contributed by atoms with Gasteiger partial charge in [-0.15, -0.1) is 0 Å². The van der Waals surface area contributed by atoms with Crippen molar-refractivity contribution in [2.24, 2.45) is 0 Å². The van der Waals surface area contributed by atoms with E-state index in [1.54, 1.807) is 23.6 Å². The van der Waals surface area contributed by atoms with E-state index in [1.807, 2.05) is 43.3 Å². The first-order valence-corrected chi connectivity index (χ1v) is 7.98. The van der Waals surface area contributed by atoms with E-state index in [0.29, 0.717) is 18.9 Å². The number of likely N-dealkylation sites (N-methyl/N-ethyl adjacent to an activating group) is 1. The van der Waals surface area contributed by atoms with Crippen LogP contribution in [0.4, 0.5) is 5.82 Å². The molecule has 1 N–H and O–H groups in total. The summed E-state index contributed by atoms with van der Waals surface area (Å²) in [6, 6.07) is 7.48. The summed E-state index contributed by atoms with van der Waals surface area (Å²) in [6.45, 7) is 1.71. The molecule has 7 heteroatoms. The summed E-state index contributed by atoms with van der Waals surface area (Å²) in [7, 11) is 7.49. The minimum atomic E-state index is -0.181. The van der Waals surface area contributed by atoms with Crippen molar-refractivity contribution in [3.63, 3.8) is 0 Å². The van der Waals surface area contributed by atoms with Crippen molar-refractivity contribution < 1.29 is 4.79 Å². The monoisotopic (exact) mass is 331 g/mol. The van der Waals surface area contributed by atoms with Gasteiger partial charge in [-0.2, -0.15) is 0 Å². The van der Waals surface area contributed by atoms with Crippen LogP contribution in [0.1, 0.15) is 6.42 Å². The van der Waals surface area contributed by atoms with Gasteiger partial charge in [-0.1, -0.05) is 12.1 Å². The number of hydrogen-bond acceptors (Lipinski definition) is 5. The Labute approximate surface area is 141 Å². The van der Waals surface area contributed by atoms with Gasteiger partial charge in [0.05, 0.1) is 11.0 Å². The number of amides is 1. The molecule has 0 spiro atoms. The van der Waals surface area contributed by atoms with Crippen molar-refractivity contribution in [3.8, 4) is 0 Å². The molecule has 1 aromatic carbocycles. The van der Waals surface area contributed by atoms with Crippen LogP contribution in [0.2, 0.25) is 0 Å². The summed E-state index contributed by atoms with van der Waals surface area (Å²) in [5, 5.41) is 2.87. The maximum absolute atomic E-state index is 12.7. The standard InChI is InChI=1S/C17H25N5O2/c1-20(2)12-10-18-15(23)9-11-22-14-8-6-5-7-13(14)19-16(17(22)24)21(3)4/h5-8H,9-12H2,1-4H3,(H,18,23). The van der Waals surface area contributed by atoms with E-state index < -0.39 is 0 Å². The first-order chi connectivity index (χ1) is 11.4. The van der Waals surface area contributed by atoms with Crippen LogP contribution in [-0.4, -0.2) is 61.6 Å². The fraction of sp³-hybridized carbons (Fsp3) is 0.471. The lowest BCUT2D eigenvalue weighted by molar-refractivity contribution is -0.121. The summed E-state index contributed by atoms with van der Waals surface area (Å²) in [6.07, 6.45) is 0.258.